The summed E-state index contributed by atoms with van der Waals surface area (Å²) in [5.74, 6) is 1.34. The van der Waals surface area contributed by atoms with Gasteiger partial charge in [0.05, 0.1) is 16.7 Å². The number of hydrogen-bond donors (Lipinski definition) is 4. The van der Waals surface area contributed by atoms with Crippen molar-refractivity contribution in [2.45, 2.75) is 74.5 Å². The molecule has 3 aromatic carbocycles. The smallest absolute Gasteiger partial charge is 0.251 e. The zero-order valence-electron chi connectivity index (χ0n) is 24.9. The van der Waals surface area contributed by atoms with Crippen LogP contribution in [0.5, 0.6) is 11.5 Å². The fourth-order valence-electron chi connectivity index (χ4n) is 9.17. The van der Waals surface area contributed by atoms with E-state index >= 15 is 0 Å². The number of piperidine rings is 1. The molecular weight excluding hydrogens is 550 g/mol. The van der Waals surface area contributed by atoms with Crippen molar-refractivity contribution in [2.75, 3.05) is 19.6 Å². The second-order valence-electron chi connectivity index (χ2n) is 13.9. The van der Waals surface area contributed by atoms with E-state index in [0.717, 1.165) is 78.8 Å². The van der Waals surface area contributed by atoms with E-state index in [1.165, 1.54) is 24.0 Å². The number of aliphatic hydroxyl groups is 1. The molecule has 2 fully saturated rings. The largest absolute Gasteiger partial charge is 0.504 e. The Bertz CT molecular complexity index is 1800. The third-order valence-electron chi connectivity index (χ3n) is 11.4. The number of phenolic OH excluding ortho intramolecular Hbond substituents is 1. The van der Waals surface area contributed by atoms with Crippen molar-refractivity contribution < 1.29 is 19.7 Å². The van der Waals surface area contributed by atoms with Gasteiger partial charge in [0.1, 0.15) is 0 Å². The molecule has 226 valence electrons. The van der Waals surface area contributed by atoms with Crippen LogP contribution in [0, 0.1) is 5.92 Å². The molecule has 7 heteroatoms. The minimum Gasteiger partial charge on any atom is -0.504 e. The number of fused-ring (bicyclic) bond motifs is 4. The second kappa shape index (κ2) is 9.59. The number of nitrogens with zero attached hydrogens (tertiary/aromatic N) is 1. The lowest BCUT2D eigenvalue weighted by Gasteiger charge is -2.62. The predicted octanol–water partition coefficient (Wildman–Crippen LogP) is 5.33. The van der Waals surface area contributed by atoms with Gasteiger partial charge in [0, 0.05) is 47.6 Å². The zero-order valence-corrected chi connectivity index (χ0v) is 24.9. The van der Waals surface area contributed by atoms with E-state index in [9.17, 15) is 15.0 Å². The first-order valence-electron chi connectivity index (χ1n) is 16.4. The van der Waals surface area contributed by atoms with E-state index in [2.05, 4.69) is 39.5 Å². The van der Waals surface area contributed by atoms with Crippen molar-refractivity contribution in [3.63, 3.8) is 0 Å². The molecule has 1 aromatic heterocycles. The molecule has 5 aliphatic rings. The summed E-state index contributed by atoms with van der Waals surface area (Å²) in [6.07, 6.45) is 7.11. The first kappa shape index (κ1) is 26.6. The van der Waals surface area contributed by atoms with Gasteiger partial charge >= 0.3 is 0 Å². The van der Waals surface area contributed by atoms with Gasteiger partial charge in [-0.3, -0.25) is 9.69 Å². The summed E-state index contributed by atoms with van der Waals surface area (Å²) in [6, 6.07) is 20.1. The zero-order chi connectivity index (χ0) is 29.6. The summed E-state index contributed by atoms with van der Waals surface area (Å²) < 4.78 is 6.71. The number of carbonyl (C=O) groups excluding carboxylic acids is 1. The topological polar surface area (TPSA) is 97.8 Å². The van der Waals surface area contributed by atoms with Crippen LogP contribution < -0.4 is 10.1 Å². The third kappa shape index (κ3) is 3.72. The number of H-pyrrole nitrogens is 1. The average Bonchev–Trinajstić information content (AvgIpc) is 3.67. The summed E-state index contributed by atoms with van der Waals surface area (Å²) in [7, 11) is 0. The van der Waals surface area contributed by atoms with Gasteiger partial charge < -0.3 is 25.3 Å². The van der Waals surface area contributed by atoms with Crippen molar-refractivity contribution in [1.82, 2.24) is 15.2 Å². The number of carbonyl (C=O) groups is 1. The lowest BCUT2D eigenvalue weighted by molar-refractivity contribution is -0.173. The monoisotopic (exact) mass is 589 g/mol. The average molecular weight is 590 g/mol. The molecule has 4 aromatic rings. The summed E-state index contributed by atoms with van der Waals surface area (Å²) in [5, 5.41) is 28.1. The Morgan fingerprint density at radius 1 is 1.09 bits per heavy atom. The summed E-state index contributed by atoms with van der Waals surface area (Å²) >= 11 is 0. The Hall–Kier alpha value is -3.81. The van der Waals surface area contributed by atoms with Crippen LogP contribution >= 0.6 is 0 Å². The van der Waals surface area contributed by atoms with Crippen molar-refractivity contribution in [1.29, 1.82) is 0 Å². The number of benzene rings is 3. The van der Waals surface area contributed by atoms with Gasteiger partial charge in [0.25, 0.3) is 5.91 Å². The third-order valence-corrected chi connectivity index (χ3v) is 11.4. The summed E-state index contributed by atoms with van der Waals surface area (Å²) in [4.78, 5) is 19.5. The SMILES string of the molecule is O=C(NCCCCc1ccccc1)c1ccc2[nH]c3c(c2c1)C[C@@]1(O)[C@@H]2Cc4ccc(O)c5c4[C@@]1(CCN2CC1CC1)[C@H]3O5. The first-order chi connectivity index (χ1) is 21.5. The van der Waals surface area contributed by atoms with Crippen LogP contribution in [0.4, 0.5) is 0 Å². The number of ether oxygens (including phenoxy) is 1. The fraction of sp³-hybridized carbons (Fsp3) is 0.432. The van der Waals surface area contributed by atoms with Crippen LogP contribution in [0.15, 0.2) is 60.7 Å². The molecule has 1 amide bonds. The normalized spacial score (nSPS) is 27.9. The number of amides is 1. The molecule has 4 atom stereocenters. The fourth-order valence-corrected chi connectivity index (χ4v) is 9.17. The predicted molar refractivity (Wildman–Crippen MR) is 168 cm³/mol. The highest BCUT2D eigenvalue weighted by atomic mass is 16.5. The van der Waals surface area contributed by atoms with Crippen LogP contribution in [0.25, 0.3) is 10.9 Å². The molecule has 2 aliphatic heterocycles. The van der Waals surface area contributed by atoms with Crippen LogP contribution in [0.1, 0.15) is 76.5 Å². The van der Waals surface area contributed by atoms with Gasteiger partial charge in [-0.25, -0.2) is 0 Å². The number of likely N-dealkylation sites (tertiary alicyclic amines) is 1. The molecule has 0 unspecified atom stereocenters. The molecule has 1 saturated heterocycles. The molecule has 3 aliphatic carbocycles. The number of aromatic nitrogens is 1. The van der Waals surface area contributed by atoms with Crippen molar-refractivity contribution in [2.24, 2.45) is 5.92 Å². The van der Waals surface area contributed by atoms with Gasteiger partial charge in [-0.2, -0.15) is 0 Å². The Balaban J connectivity index is 1.04. The van der Waals surface area contributed by atoms with E-state index in [0.29, 0.717) is 24.3 Å². The molecule has 9 rings (SSSR count). The molecule has 4 N–H and O–H groups in total. The van der Waals surface area contributed by atoms with Gasteiger partial charge in [-0.1, -0.05) is 36.4 Å². The number of aryl methyl sites for hydroxylation is 1. The van der Waals surface area contributed by atoms with Gasteiger partial charge in [-0.15, -0.1) is 0 Å². The molecular formula is C37H39N3O4. The highest BCUT2D eigenvalue weighted by Gasteiger charge is 2.72. The van der Waals surface area contributed by atoms with Crippen LogP contribution in [0.2, 0.25) is 0 Å². The van der Waals surface area contributed by atoms with Gasteiger partial charge in [0.15, 0.2) is 17.6 Å². The number of rotatable bonds is 8. The van der Waals surface area contributed by atoms with E-state index < -0.39 is 17.1 Å². The molecule has 1 saturated carbocycles. The molecule has 7 nitrogen and oxygen atoms in total. The van der Waals surface area contributed by atoms with E-state index in [1.54, 1.807) is 6.07 Å². The number of hydrogen-bond acceptors (Lipinski definition) is 5. The molecule has 0 radical (unpaired) electrons. The maximum absolute atomic E-state index is 13.3. The van der Waals surface area contributed by atoms with Crippen molar-refractivity contribution in [3.05, 3.63) is 94.2 Å². The first-order valence-corrected chi connectivity index (χ1v) is 16.4. The molecule has 44 heavy (non-hydrogen) atoms. The van der Waals surface area contributed by atoms with Crippen LogP contribution in [0.3, 0.4) is 0 Å². The maximum atomic E-state index is 13.3. The van der Waals surface area contributed by atoms with E-state index in [4.69, 9.17) is 4.74 Å². The standard InChI is InChI=1S/C37H39N3O4/c41-29-14-12-24-19-30-37(43)20-27-26-18-25(35(42)38-16-5-4-8-22-6-2-1-3-7-22)11-13-28(26)39-32(27)34-36(37,31(24)33(29)44-34)15-17-40(30)21-23-9-10-23/h1-3,6-7,11-14,18,23,30,34,39,41,43H,4-5,8-10,15-17,19-21H2,(H,38,42)/t30-,34-,36-,37+/m0/s1. The number of aromatic hydroxyl groups is 1. The molecule has 2 bridgehead atoms. The van der Waals surface area contributed by atoms with E-state index in [-0.39, 0.29) is 17.7 Å². The van der Waals surface area contributed by atoms with Crippen molar-refractivity contribution in [3.8, 4) is 11.5 Å². The number of phenols is 1. The second-order valence-corrected chi connectivity index (χ2v) is 13.9. The number of aromatic amines is 1. The molecule has 1 spiro atoms. The number of unbranched alkanes of at least 4 members (excludes halogenated alkanes) is 1. The van der Waals surface area contributed by atoms with Crippen LogP contribution in [-0.2, 0) is 24.7 Å². The van der Waals surface area contributed by atoms with Gasteiger partial charge in [0.2, 0.25) is 0 Å². The number of nitrogens with one attached hydrogen (secondary N) is 2. The molecule has 3 heterocycles. The van der Waals surface area contributed by atoms with Crippen molar-refractivity contribution >= 4 is 16.8 Å². The highest BCUT2D eigenvalue weighted by Crippen LogP contribution is 2.69. The lowest BCUT2D eigenvalue weighted by atomic mass is 9.49. The quantitative estimate of drug-likeness (QED) is 0.209. The Morgan fingerprint density at radius 2 is 1.95 bits per heavy atom. The summed E-state index contributed by atoms with van der Waals surface area (Å²) in [6.45, 7) is 2.59. The van der Waals surface area contributed by atoms with Gasteiger partial charge in [-0.05, 0) is 98.4 Å². The Morgan fingerprint density at radius 3 is 2.80 bits per heavy atom. The highest BCUT2D eigenvalue weighted by molar-refractivity contribution is 5.99. The minimum absolute atomic E-state index is 0.0218. The van der Waals surface area contributed by atoms with Crippen LogP contribution in [-0.4, -0.2) is 57.3 Å². The minimum atomic E-state index is -1.05. The lowest BCUT2D eigenvalue weighted by Crippen LogP contribution is -2.74. The Labute approximate surface area is 257 Å². The maximum Gasteiger partial charge on any atom is 0.251 e. The Kier molecular flexibility index (Phi) is 5.80. The van der Waals surface area contributed by atoms with E-state index in [1.807, 2.05) is 30.3 Å². The summed E-state index contributed by atoms with van der Waals surface area (Å²) in [5.41, 5.74) is 5.45.